The van der Waals surface area contributed by atoms with Crippen LogP contribution in [-0.2, 0) is 9.47 Å². The standard InChI is InChI=1S/C9H12N2O3S/c12-9-3-5(6-4-13-7(9)14-6)11-1-2-15-8(11)10-9/h5-7,12H,1-4H2/t5-,6-,7-,9-/m0/s1. The summed E-state index contributed by atoms with van der Waals surface area (Å²) in [6.07, 6.45) is 0.209. The predicted molar refractivity (Wildman–Crippen MR) is 54.6 cm³/mol. The van der Waals surface area contributed by atoms with Crippen LogP contribution in [0.1, 0.15) is 6.42 Å². The van der Waals surface area contributed by atoms with E-state index in [-0.39, 0.29) is 12.1 Å². The van der Waals surface area contributed by atoms with Crippen LogP contribution in [0.25, 0.3) is 0 Å². The molecule has 0 aliphatic carbocycles. The lowest BCUT2D eigenvalue weighted by Crippen LogP contribution is -2.60. The Labute approximate surface area is 91.4 Å². The second kappa shape index (κ2) is 2.68. The Morgan fingerprint density at radius 3 is 3.47 bits per heavy atom. The van der Waals surface area contributed by atoms with Gasteiger partial charge in [0.05, 0.1) is 12.6 Å². The van der Waals surface area contributed by atoms with Crippen LogP contribution in [0.2, 0.25) is 0 Å². The minimum absolute atomic E-state index is 0.111. The van der Waals surface area contributed by atoms with Gasteiger partial charge in [0.1, 0.15) is 6.10 Å². The van der Waals surface area contributed by atoms with Crippen molar-refractivity contribution < 1.29 is 14.6 Å². The van der Waals surface area contributed by atoms with E-state index in [4.69, 9.17) is 9.47 Å². The summed E-state index contributed by atoms with van der Waals surface area (Å²) in [5.74, 6) is 1.06. The van der Waals surface area contributed by atoms with Gasteiger partial charge in [-0.2, -0.15) is 0 Å². The average molecular weight is 228 g/mol. The molecule has 0 saturated carbocycles. The summed E-state index contributed by atoms with van der Waals surface area (Å²) in [5.41, 5.74) is -1.14. The minimum atomic E-state index is -1.14. The molecule has 0 radical (unpaired) electrons. The first-order valence-corrected chi connectivity index (χ1v) is 6.24. The summed E-state index contributed by atoms with van der Waals surface area (Å²) >= 11 is 1.72. The van der Waals surface area contributed by atoms with E-state index >= 15 is 0 Å². The highest BCUT2D eigenvalue weighted by Crippen LogP contribution is 2.44. The molecule has 4 heterocycles. The van der Waals surface area contributed by atoms with E-state index < -0.39 is 12.0 Å². The number of fused-ring (bicyclic) bond motifs is 8. The first kappa shape index (κ1) is 8.81. The fraction of sp³-hybridized carbons (Fsp3) is 0.889. The highest BCUT2D eigenvalue weighted by atomic mass is 32.2. The molecule has 3 fully saturated rings. The van der Waals surface area contributed by atoms with Gasteiger partial charge in [-0.15, -0.1) is 0 Å². The second-order valence-corrected chi connectivity index (χ2v) is 5.49. The maximum absolute atomic E-state index is 10.4. The molecule has 82 valence electrons. The van der Waals surface area contributed by atoms with E-state index in [1.54, 1.807) is 11.8 Å². The number of hydrogen-bond donors (Lipinski definition) is 1. The van der Waals surface area contributed by atoms with Crippen LogP contribution in [0, 0.1) is 0 Å². The quantitative estimate of drug-likeness (QED) is 0.612. The van der Waals surface area contributed by atoms with Gasteiger partial charge in [-0.3, -0.25) is 0 Å². The summed E-state index contributed by atoms with van der Waals surface area (Å²) in [7, 11) is 0. The summed E-state index contributed by atoms with van der Waals surface area (Å²) < 4.78 is 11.1. The van der Waals surface area contributed by atoms with E-state index in [0.29, 0.717) is 13.0 Å². The van der Waals surface area contributed by atoms with Gasteiger partial charge in [0, 0.05) is 18.7 Å². The van der Waals surface area contributed by atoms with Crippen molar-refractivity contribution in [2.45, 2.75) is 30.6 Å². The van der Waals surface area contributed by atoms with Gasteiger partial charge in [0.2, 0.25) is 12.0 Å². The Bertz CT molecular complexity index is 350. The van der Waals surface area contributed by atoms with Crippen LogP contribution in [0.4, 0.5) is 0 Å². The number of amidine groups is 1. The lowest BCUT2D eigenvalue weighted by atomic mass is 9.94. The van der Waals surface area contributed by atoms with Crippen LogP contribution >= 0.6 is 11.8 Å². The molecular formula is C9H12N2O3S. The van der Waals surface area contributed by atoms with Crippen LogP contribution in [0.15, 0.2) is 4.99 Å². The maximum Gasteiger partial charge on any atom is 0.212 e. The largest absolute Gasteiger partial charge is 0.365 e. The van der Waals surface area contributed by atoms with E-state index in [1.165, 1.54) is 0 Å². The van der Waals surface area contributed by atoms with Crippen LogP contribution in [0.3, 0.4) is 0 Å². The van der Waals surface area contributed by atoms with Crippen LogP contribution in [0.5, 0.6) is 0 Å². The van der Waals surface area contributed by atoms with Gasteiger partial charge in [-0.25, -0.2) is 4.99 Å². The molecule has 0 aromatic heterocycles. The van der Waals surface area contributed by atoms with Crippen molar-refractivity contribution in [2.75, 3.05) is 18.9 Å². The van der Waals surface area contributed by atoms with Crippen LogP contribution in [-0.4, -0.2) is 58.2 Å². The van der Waals surface area contributed by atoms with Gasteiger partial charge in [0.15, 0.2) is 5.17 Å². The number of thioether (sulfide) groups is 1. The molecule has 0 unspecified atom stereocenters. The van der Waals surface area contributed by atoms with Crippen molar-refractivity contribution in [3.8, 4) is 0 Å². The Morgan fingerprint density at radius 1 is 1.60 bits per heavy atom. The SMILES string of the molecule is O[C@@]12C[C@@H]([C@@H]3CO[C@H]1O3)N1CCSC1=N2. The third-order valence-electron chi connectivity index (χ3n) is 3.53. The number of aliphatic imine (C=N–C) groups is 1. The number of hydrogen-bond acceptors (Lipinski definition) is 6. The summed E-state index contributed by atoms with van der Waals surface area (Å²) in [6, 6.07) is 0.247. The molecular weight excluding hydrogens is 216 g/mol. The molecule has 3 saturated heterocycles. The molecule has 5 nitrogen and oxygen atoms in total. The molecule has 4 bridgehead atoms. The summed E-state index contributed by atoms with van der Waals surface area (Å²) in [4.78, 5) is 6.64. The van der Waals surface area contributed by atoms with Crippen molar-refractivity contribution in [1.82, 2.24) is 4.90 Å². The van der Waals surface area contributed by atoms with E-state index in [0.717, 1.165) is 17.5 Å². The zero-order chi connectivity index (χ0) is 10.0. The van der Waals surface area contributed by atoms with Gasteiger partial charge >= 0.3 is 0 Å². The highest BCUT2D eigenvalue weighted by molar-refractivity contribution is 8.14. The molecule has 0 aromatic carbocycles. The molecule has 15 heavy (non-hydrogen) atoms. The topological polar surface area (TPSA) is 54.3 Å². The summed E-state index contributed by atoms with van der Waals surface area (Å²) in [6.45, 7) is 1.59. The van der Waals surface area contributed by atoms with Crippen molar-refractivity contribution in [1.29, 1.82) is 0 Å². The average Bonchev–Trinajstić information content (AvgIpc) is 2.80. The third-order valence-corrected chi connectivity index (χ3v) is 4.50. The lowest BCUT2D eigenvalue weighted by Gasteiger charge is -2.45. The molecule has 1 N–H and O–H groups in total. The van der Waals surface area contributed by atoms with Gasteiger partial charge in [-0.1, -0.05) is 11.8 Å². The predicted octanol–water partition coefficient (Wildman–Crippen LogP) is -0.393. The van der Waals surface area contributed by atoms with Crippen molar-refractivity contribution in [3.05, 3.63) is 0 Å². The summed E-state index contributed by atoms with van der Waals surface area (Å²) in [5, 5.41) is 11.3. The third kappa shape index (κ3) is 1.03. The molecule has 4 atom stereocenters. The molecule has 0 aromatic rings. The van der Waals surface area contributed by atoms with Crippen LogP contribution < -0.4 is 0 Å². The zero-order valence-electron chi connectivity index (χ0n) is 8.13. The van der Waals surface area contributed by atoms with Crippen molar-refractivity contribution in [2.24, 2.45) is 4.99 Å². The smallest absolute Gasteiger partial charge is 0.212 e. The number of aliphatic hydroxyl groups is 1. The zero-order valence-corrected chi connectivity index (χ0v) is 8.94. The molecule has 0 amide bonds. The van der Waals surface area contributed by atoms with Gasteiger partial charge < -0.3 is 19.5 Å². The fourth-order valence-electron chi connectivity index (χ4n) is 2.79. The van der Waals surface area contributed by atoms with Gasteiger partial charge in [-0.05, 0) is 0 Å². The Balaban J connectivity index is 1.84. The monoisotopic (exact) mass is 228 g/mol. The molecule has 0 spiro atoms. The molecule has 4 aliphatic heterocycles. The number of rotatable bonds is 0. The molecule has 4 aliphatic rings. The Hall–Kier alpha value is -0.300. The molecule has 6 heteroatoms. The van der Waals surface area contributed by atoms with Crippen molar-refractivity contribution in [3.63, 3.8) is 0 Å². The Morgan fingerprint density at radius 2 is 2.53 bits per heavy atom. The minimum Gasteiger partial charge on any atom is -0.365 e. The van der Waals surface area contributed by atoms with Crippen molar-refractivity contribution >= 4 is 16.9 Å². The lowest BCUT2D eigenvalue weighted by molar-refractivity contribution is -0.224. The van der Waals surface area contributed by atoms with Gasteiger partial charge in [0.25, 0.3) is 0 Å². The maximum atomic E-state index is 10.4. The number of nitrogens with zero attached hydrogens (tertiary/aromatic N) is 2. The second-order valence-electron chi connectivity index (χ2n) is 4.43. The number of ether oxygens (including phenoxy) is 2. The van der Waals surface area contributed by atoms with E-state index in [1.807, 2.05) is 0 Å². The Kier molecular flexibility index (Phi) is 1.58. The highest BCUT2D eigenvalue weighted by Gasteiger charge is 2.58. The fourth-order valence-corrected chi connectivity index (χ4v) is 3.88. The normalized spacial score (nSPS) is 51.7. The van der Waals surface area contributed by atoms with E-state index in [9.17, 15) is 5.11 Å². The first-order valence-electron chi connectivity index (χ1n) is 5.25. The molecule has 4 rings (SSSR count). The van der Waals surface area contributed by atoms with E-state index in [2.05, 4.69) is 9.89 Å². The first-order chi connectivity index (χ1) is 7.26.